The Hall–Kier alpha value is -1.52. The molecule has 0 atom stereocenters. The summed E-state index contributed by atoms with van der Waals surface area (Å²) in [6, 6.07) is 7.97. The number of hydrogen-bond donors (Lipinski definition) is 2. The minimum atomic E-state index is 0. The second-order valence-electron chi connectivity index (χ2n) is 4.80. The number of aryl methyl sites for hydroxylation is 1. The van der Waals surface area contributed by atoms with Crippen molar-refractivity contribution >= 4 is 29.2 Å². The number of hydrogen-bond acceptors (Lipinski definition) is 2. The van der Waals surface area contributed by atoms with E-state index in [4.69, 9.17) is 0 Å². The van der Waals surface area contributed by atoms with E-state index < -0.39 is 0 Å². The predicted molar refractivity (Wildman–Crippen MR) is 79.1 cm³/mol. The van der Waals surface area contributed by atoms with Gasteiger partial charge in [-0.1, -0.05) is 6.07 Å². The summed E-state index contributed by atoms with van der Waals surface area (Å²) in [5.41, 5.74) is 2.93. The molecule has 2 heterocycles. The molecule has 0 spiro atoms. The SMILES string of the molecule is Cc1cc2ccc(C(=O)N3CCNCC3)cc2[nH]1.Cl. The number of fused-ring (bicyclic) bond motifs is 1. The van der Waals surface area contributed by atoms with E-state index in [0.29, 0.717) is 0 Å². The monoisotopic (exact) mass is 279 g/mol. The van der Waals surface area contributed by atoms with Crippen LogP contribution in [0.1, 0.15) is 16.1 Å². The number of benzene rings is 1. The fourth-order valence-corrected chi connectivity index (χ4v) is 2.46. The number of aromatic amines is 1. The molecule has 0 aliphatic carbocycles. The summed E-state index contributed by atoms with van der Waals surface area (Å²) < 4.78 is 0. The molecule has 1 aromatic heterocycles. The van der Waals surface area contributed by atoms with Crippen LogP contribution in [0.3, 0.4) is 0 Å². The maximum absolute atomic E-state index is 12.3. The van der Waals surface area contributed by atoms with E-state index in [1.54, 1.807) is 0 Å². The van der Waals surface area contributed by atoms with Crippen molar-refractivity contribution in [3.05, 3.63) is 35.5 Å². The van der Waals surface area contributed by atoms with Crippen molar-refractivity contribution in [3.8, 4) is 0 Å². The van der Waals surface area contributed by atoms with Crippen LogP contribution in [0.25, 0.3) is 10.9 Å². The molecule has 1 aromatic carbocycles. The molecule has 0 unspecified atom stereocenters. The lowest BCUT2D eigenvalue weighted by atomic mass is 10.1. The maximum atomic E-state index is 12.3. The van der Waals surface area contributed by atoms with Crippen LogP contribution in [0, 0.1) is 6.92 Å². The zero-order valence-electron chi connectivity index (χ0n) is 10.9. The lowest BCUT2D eigenvalue weighted by molar-refractivity contribution is 0.0736. The van der Waals surface area contributed by atoms with Crippen molar-refractivity contribution in [2.75, 3.05) is 26.2 Å². The van der Waals surface area contributed by atoms with Gasteiger partial charge in [0.2, 0.25) is 0 Å². The zero-order chi connectivity index (χ0) is 12.5. The molecular formula is C14H18ClN3O. The molecule has 1 fully saturated rings. The van der Waals surface area contributed by atoms with Crippen molar-refractivity contribution < 1.29 is 4.79 Å². The minimum absolute atomic E-state index is 0. The Morgan fingerprint density at radius 2 is 1.95 bits per heavy atom. The smallest absolute Gasteiger partial charge is 0.254 e. The first kappa shape index (κ1) is 13.9. The summed E-state index contributed by atoms with van der Waals surface area (Å²) in [6.45, 7) is 5.38. The van der Waals surface area contributed by atoms with Gasteiger partial charge in [0.1, 0.15) is 0 Å². The molecule has 0 saturated carbocycles. The number of nitrogens with one attached hydrogen (secondary N) is 2. The Balaban J connectivity index is 0.00000133. The number of halogens is 1. The molecule has 19 heavy (non-hydrogen) atoms. The van der Waals surface area contributed by atoms with E-state index in [1.807, 2.05) is 30.0 Å². The van der Waals surface area contributed by atoms with Crippen LogP contribution in [0.4, 0.5) is 0 Å². The maximum Gasteiger partial charge on any atom is 0.254 e. The average Bonchev–Trinajstić information content (AvgIpc) is 2.78. The summed E-state index contributed by atoms with van der Waals surface area (Å²) in [7, 11) is 0. The van der Waals surface area contributed by atoms with Crippen LogP contribution in [-0.2, 0) is 0 Å². The third-order valence-electron chi connectivity index (χ3n) is 3.41. The number of piperazine rings is 1. The second-order valence-corrected chi connectivity index (χ2v) is 4.80. The largest absolute Gasteiger partial charge is 0.359 e. The summed E-state index contributed by atoms with van der Waals surface area (Å²) in [4.78, 5) is 17.5. The first-order valence-electron chi connectivity index (χ1n) is 6.33. The fourth-order valence-electron chi connectivity index (χ4n) is 2.46. The fraction of sp³-hybridized carbons (Fsp3) is 0.357. The number of amides is 1. The third-order valence-corrected chi connectivity index (χ3v) is 3.41. The second kappa shape index (κ2) is 5.63. The van der Waals surface area contributed by atoms with Gasteiger partial charge in [-0.3, -0.25) is 4.79 Å². The van der Waals surface area contributed by atoms with Crippen molar-refractivity contribution in [1.82, 2.24) is 15.2 Å². The highest BCUT2D eigenvalue weighted by Gasteiger charge is 2.18. The topological polar surface area (TPSA) is 48.1 Å². The lowest BCUT2D eigenvalue weighted by Gasteiger charge is -2.27. The molecule has 2 N–H and O–H groups in total. The summed E-state index contributed by atoms with van der Waals surface area (Å²) in [5, 5.41) is 4.41. The molecule has 1 amide bonds. The highest BCUT2D eigenvalue weighted by molar-refractivity contribution is 5.98. The van der Waals surface area contributed by atoms with Crippen molar-refractivity contribution in [3.63, 3.8) is 0 Å². The van der Waals surface area contributed by atoms with Crippen LogP contribution >= 0.6 is 12.4 Å². The van der Waals surface area contributed by atoms with Crippen LogP contribution in [0.5, 0.6) is 0 Å². The average molecular weight is 280 g/mol. The summed E-state index contributed by atoms with van der Waals surface area (Å²) in [5.74, 6) is 0.130. The van der Waals surface area contributed by atoms with Crippen molar-refractivity contribution in [2.24, 2.45) is 0 Å². The van der Waals surface area contributed by atoms with Gasteiger partial charge >= 0.3 is 0 Å². The van der Waals surface area contributed by atoms with E-state index >= 15 is 0 Å². The highest BCUT2D eigenvalue weighted by atomic mass is 35.5. The van der Waals surface area contributed by atoms with Gasteiger partial charge in [0.15, 0.2) is 0 Å². The van der Waals surface area contributed by atoms with Gasteiger partial charge in [0, 0.05) is 43.0 Å². The number of carbonyl (C=O) groups excluding carboxylic acids is 1. The Morgan fingerprint density at radius 3 is 2.68 bits per heavy atom. The Morgan fingerprint density at radius 1 is 1.21 bits per heavy atom. The summed E-state index contributed by atoms with van der Waals surface area (Å²) in [6.07, 6.45) is 0. The molecule has 4 nitrogen and oxygen atoms in total. The highest BCUT2D eigenvalue weighted by Crippen LogP contribution is 2.18. The molecule has 5 heteroatoms. The molecule has 0 radical (unpaired) electrons. The van der Waals surface area contributed by atoms with Crippen LogP contribution in [0.2, 0.25) is 0 Å². The standard InChI is InChI=1S/C14H17N3O.ClH/c1-10-8-11-2-3-12(9-13(11)16-10)14(18)17-6-4-15-5-7-17;/h2-3,8-9,15-16H,4-7H2,1H3;1H. The van der Waals surface area contributed by atoms with E-state index in [0.717, 1.165) is 48.3 Å². The van der Waals surface area contributed by atoms with Gasteiger partial charge < -0.3 is 15.2 Å². The van der Waals surface area contributed by atoms with Crippen molar-refractivity contribution in [2.45, 2.75) is 6.92 Å². The zero-order valence-corrected chi connectivity index (χ0v) is 11.7. The molecule has 2 aromatic rings. The number of H-pyrrole nitrogens is 1. The van der Waals surface area contributed by atoms with E-state index in [2.05, 4.69) is 16.4 Å². The van der Waals surface area contributed by atoms with Gasteiger partial charge in [-0.05, 0) is 30.5 Å². The Kier molecular flexibility index (Phi) is 4.12. The van der Waals surface area contributed by atoms with Crippen LogP contribution < -0.4 is 5.32 Å². The van der Waals surface area contributed by atoms with E-state index in [1.165, 1.54) is 0 Å². The Labute approximate surface area is 118 Å². The van der Waals surface area contributed by atoms with Gasteiger partial charge in [-0.15, -0.1) is 12.4 Å². The third kappa shape index (κ3) is 2.74. The molecule has 1 aliphatic heterocycles. The predicted octanol–water partition coefficient (Wildman–Crippen LogP) is 1.94. The molecule has 3 rings (SSSR count). The lowest BCUT2D eigenvalue weighted by Crippen LogP contribution is -2.46. The van der Waals surface area contributed by atoms with Gasteiger partial charge in [-0.2, -0.15) is 0 Å². The molecule has 1 saturated heterocycles. The first-order chi connectivity index (χ1) is 8.74. The number of nitrogens with zero attached hydrogens (tertiary/aromatic N) is 1. The molecular weight excluding hydrogens is 262 g/mol. The quantitative estimate of drug-likeness (QED) is 0.838. The number of aromatic nitrogens is 1. The van der Waals surface area contributed by atoms with Gasteiger partial charge in [0.25, 0.3) is 5.91 Å². The van der Waals surface area contributed by atoms with Crippen LogP contribution in [0.15, 0.2) is 24.3 Å². The first-order valence-corrected chi connectivity index (χ1v) is 6.33. The minimum Gasteiger partial charge on any atom is -0.359 e. The molecule has 0 bridgehead atoms. The number of rotatable bonds is 1. The van der Waals surface area contributed by atoms with Crippen LogP contribution in [-0.4, -0.2) is 42.0 Å². The molecule has 1 aliphatic rings. The van der Waals surface area contributed by atoms with Crippen molar-refractivity contribution in [1.29, 1.82) is 0 Å². The Bertz CT molecular complexity index is 587. The molecule has 102 valence electrons. The van der Waals surface area contributed by atoms with Gasteiger partial charge in [0.05, 0.1) is 0 Å². The van der Waals surface area contributed by atoms with E-state index in [9.17, 15) is 4.79 Å². The van der Waals surface area contributed by atoms with Gasteiger partial charge in [-0.25, -0.2) is 0 Å². The summed E-state index contributed by atoms with van der Waals surface area (Å²) >= 11 is 0. The number of carbonyl (C=O) groups is 1. The normalized spacial score (nSPS) is 15.3. The van der Waals surface area contributed by atoms with E-state index in [-0.39, 0.29) is 18.3 Å².